The summed E-state index contributed by atoms with van der Waals surface area (Å²) in [4.78, 5) is 31.4. The molecule has 5 nitrogen and oxygen atoms in total. The van der Waals surface area contributed by atoms with E-state index in [1.165, 1.54) is 0 Å². The van der Waals surface area contributed by atoms with Gasteiger partial charge < -0.3 is 14.5 Å². The van der Waals surface area contributed by atoms with Crippen LogP contribution in [0.1, 0.15) is 22.7 Å². The summed E-state index contributed by atoms with van der Waals surface area (Å²) >= 11 is 1.10. The first kappa shape index (κ1) is 24.7. The molecule has 1 heterocycles. The Morgan fingerprint density at radius 2 is 1.43 bits per heavy atom. The number of benzene rings is 4. The van der Waals surface area contributed by atoms with Crippen molar-refractivity contribution in [2.45, 2.75) is 17.3 Å². The van der Waals surface area contributed by atoms with Crippen LogP contribution >= 0.6 is 11.8 Å². The van der Waals surface area contributed by atoms with Gasteiger partial charge in [-0.25, -0.2) is 0 Å². The van der Waals surface area contributed by atoms with Crippen molar-refractivity contribution in [2.75, 3.05) is 19.1 Å². The van der Waals surface area contributed by atoms with Crippen LogP contribution in [-0.4, -0.2) is 30.2 Å². The van der Waals surface area contributed by atoms with E-state index in [0.717, 1.165) is 39.9 Å². The molecule has 2 atom stereocenters. The number of hydrogen-bond donors (Lipinski definition) is 0. The Balaban J connectivity index is 1.58. The van der Waals surface area contributed by atoms with Crippen LogP contribution in [0.3, 0.4) is 0 Å². The van der Waals surface area contributed by atoms with Gasteiger partial charge in [-0.3, -0.25) is 9.59 Å². The Kier molecular flexibility index (Phi) is 7.01. The van der Waals surface area contributed by atoms with Crippen molar-refractivity contribution < 1.29 is 14.3 Å². The summed E-state index contributed by atoms with van der Waals surface area (Å²) in [6.45, 7) is 0.460. The predicted molar refractivity (Wildman–Crippen MR) is 149 cm³/mol. The van der Waals surface area contributed by atoms with Gasteiger partial charge in [0.1, 0.15) is 5.75 Å². The van der Waals surface area contributed by atoms with Crippen molar-refractivity contribution in [1.29, 1.82) is 0 Å². The van der Waals surface area contributed by atoms with Gasteiger partial charge in [-0.1, -0.05) is 91.0 Å². The third kappa shape index (κ3) is 4.60. The van der Waals surface area contributed by atoms with Crippen molar-refractivity contribution in [3.63, 3.8) is 0 Å². The lowest BCUT2D eigenvalue weighted by Gasteiger charge is -2.55. The van der Waals surface area contributed by atoms with E-state index >= 15 is 0 Å². The second kappa shape index (κ2) is 10.5. The lowest BCUT2D eigenvalue weighted by molar-refractivity contribution is -0.128. The van der Waals surface area contributed by atoms with E-state index in [0.29, 0.717) is 6.54 Å². The molecule has 2 amide bonds. The minimum Gasteiger partial charge on any atom is -0.497 e. The van der Waals surface area contributed by atoms with Crippen molar-refractivity contribution in [3.8, 4) is 5.75 Å². The Bertz CT molecular complexity index is 1360. The van der Waals surface area contributed by atoms with E-state index in [4.69, 9.17) is 4.74 Å². The zero-order valence-electron chi connectivity index (χ0n) is 20.8. The number of ether oxygens (including phenoxy) is 1. The molecule has 4 aromatic rings. The number of amides is 2. The highest BCUT2D eigenvalue weighted by molar-refractivity contribution is 8.15. The highest BCUT2D eigenvalue weighted by Crippen LogP contribution is 2.60. The molecule has 5 rings (SSSR count). The topological polar surface area (TPSA) is 49.9 Å². The van der Waals surface area contributed by atoms with Gasteiger partial charge in [0, 0.05) is 19.3 Å². The van der Waals surface area contributed by atoms with E-state index in [1.54, 1.807) is 24.0 Å². The number of β-lactam (4-membered cyclic amide) rings is 1. The van der Waals surface area contributed by atoms with Crippen LogP contribution in [0.4, 0.5) is 10.5 Å². The molecule has 0 unspecified atom stereocenters. The number of para-hydroxylation sites is 1. The fourth-order valence-electron chi connectivity index (χ4n) is 4.82. The number of carbonyl (C=O) groups is 2. The number of nitrogens with zero attached hydrogens (tertiary/aromatic N) is 2. The minimum absolute atomic E-state index is 0.114. The lowest BCUT2D eigenvalue weighted by Crippen LogP contribution is -2.65. The van der Waals surface area contributed by atoms with Gasteiger partial charge in [0.15, 0.2) is 4.75 Å². The molecule has 0 saturated carbocycles. The van der Waals surface area contributed by atoms with E-state index in [-0.39, 0.29) is 11.1 Å². The number of anilines is 1. The minimum atomic E-state index is -1.12. The van der Waals surface area contributed by atoms with Gasteiger partial charge in [0.25, 0.3) is 11.1 Å². The summed E-state index contributed by atoms with van der Waals surface area (Å²) in [6, 6.07) is 36.5. The Morgan fingerprint density at radius 3 is 2.03 bits per heavy atom. The molecule has 1 aliphatic rings. The monoisotopic (exact) mass is 508 g/mol. The van der Waals surface area contributed by atoms with Crippen LogP contribution in [0.2, 0.25) is 0 Å². The molecule has 37 heavy (non-hydrogen) atoms. The third-order valence-electron chi connectivity index (χ3n) is 6.67. The Hall–Kier alpha value is -4.03. The van der Waals surface area contributed by atoms with Crippen LogP contribution < -0.4 is 9.64 Å². The molecule has 1 fully saturated rings. The van der Waals surface area contributed by atoms with E-state index in [9.17, 15) is 9.59 Å². The molecule has 1 aliphatic heterocycles. The summed E-state index contributed by atoms with van der Waals surface area (Å²) in [5, 5.41) is -0.160. The SMILES string of the molecule is COc1ccc([C@@H]2N(c3ccccc3)C(=O)[C@]2(SC(=O)N(C)Cc2ccccc2)c2ccccc2)cc1. The van der Waals surface area contributed by atoms with Crippen LogP contribution in [-0.2, 0) is 16.1 Å². The summed E-state index contributed by atoms with van der Waals surface area (Å²) in [6.07, 6.45) is 0. The second-order valence-electron chi connectivity index (χ2n) is 9.00. The highest BCUT2D eigenvalue weighted by atomic mass is 32.2. The molecule has 4 aromatic carbocycles. The first-order valence-corrected chi connectivity index (χ1v) is 12.9. The maximum absolute atomic E-state index is 14.2. The zero-order valence-corrected chi connectivity index (χ0v) is 21.6. The van der Waals surface area contributed by atoms with Gasteiger partial charge in [0.05, 0.1) is 13.2 Å². The van der Waals surface area contributed by atoms with E-state index < -0.39 is 10.8 Å². The molecular weight excluding hydrogens is 480 g/mol. The predicted octanol–water partition coefficient (Wildman–Crippen LogP) is 6.66. The van der Waals surface area contributed by atoms with Gasteiger partial charge in [0.2, 0.25) is 0 Å². The van der Waals surface area contributed by atoms with Crippen LogP contribution in [0.15, 0.2) is 115 Å². The number of rotatable bonds is 7. The zero-order chi connectivity index (χ0) is 25.8. The molecule has 0 bridgehead atoms. The maximum atomic E-state index is 14.2. The summed E-state index contributed by atoms with van der Waals surface area (Å²) in [5.74, 6) is 0.620. The average molecular weight is 509 g/mol. The Labute approximate surface area is 221 Å². The van der Waals surface area contributed by atoms with E-state index in [2.05, 4.69) is 0 Å². The first-order valence-electron chi connectivity index (χ1n) is 12.1. The van der Waals surface area contributed by atoms with Crippen LogP contribution in [0.25, 0.3) is 0 Å². The summed E-state index contributed by atoms with van der Waals surface area (Å²) in [7, 11) is 3.41. The first-order chi connectivity index (χ1) is 18.0. The molecule has 0 N–H and O–H groups in total. The maximum Gasteiger partial charge on any atom is 0.283 e. The van der Waals surface area contributed by atoms with Gasteiger partial charge in [-0.05, 0) is 52.7 Å². The van der Waals surface area contributed by atoms with E-state index in [1.807, 2.05) is 115 Å². The normalized spacial score (nSPS) is 18.7. The largest absolute Gasteiger partial charge is 0.497 e. The molecule has 0 spiro atoms. The number of hydrogen-bond acceptors (Lipinski definition) is 4. The van der Waals surface area contributed by atoms with Gasteiger partial charge in [-0.2, -0.15) is 0 Å². The van der Waals surface area contributed by atoms with Crippen molar-refractivity contribution in [2.24, 2.45) is 0 Å². The quantitative estimate of drug-likeness (QED) is 0.262. The summed E-state index contributed by atoms with van der Waals surface area (Å²) in [5.41, 5.74) is 3.56. The van der Waals surface area contributed by atoms with Crippen molar-refractivity contribution >= 4 is 28.6 Å². The van der Waals surface area contributed by atoms with Gasteiger partial charge >= 0.3 is 0 Å². The molecule has 186 valence electrons. The Morgan fingerprint density at radius 1 is 0.865 bits per heavy atom. The molecule has 1 saturated heterocycles. The molecular formula is C31H28N2O3S. The second-order valence-corrected chi connectivity index (χ2v) is 10.2. The fourth-order valence-corrected chi connectivity index (χ4v) is 6.11. The van der Waals surface area contributed by atoms with Crippen LogP contribution in [0.5, 0.6) is 5.75 Å². The molecule has 0 radical (unpaired) electrons. The van der Waals surface area contributed by atoms with Crippen molar-refractivity contribution in [1.82, 2.24) is 4.90 Å². The summed E-state index contributed by atoms with van der Waals surface area (Å²) < 4.78 is 4.26. The standard InChI is InChI=1S/C31H28N2O3S/c1-32(22-23-12-6-3-7-13-23)30(35)37-31(25-14-8-4-9-15-25)28(24-18-20-27(36-2)21-19-24)33(29(31)34)26-16-10-5-11-17-26/h3-21,28H,22H2,1-2H3/t28-,31-/m0/s1. The van der Waals surface area contributed by atoms with Gasteiger partial charge in [-0.15, -0.1) is 0 Å². The highest BCUT2D eigenvalue weighted by Gasteiger charge is 2.64. The number of carbonyl (C=O) groups excluding carboxylic acids is 2. The smallest absolute Gasteiger partial charge is 0.283 e. The molecule has 0 aliphatic carbocycles. The molecule has 6 heteroatoms. The fraction of sp³-hybridized carbons (Fsp3) is 0.161. The van der Waals surface area contributed by atoms with Crippen LogP contribution in [0, 0.1) is 0 Å². The number of thioether (sulfide) groups is 1. The average Bonchev–Trinajstić information content (AvgIpc) is 2.95. The van der Waals surface area contributed by atoms with Crippen molar-refractivity contribution in [3.05, 3.63) is 132 Å². The number of methoxy groups -OCH3 is 1. The third-order valence-corrected chi connectivity index (χ3v) is 8.11. The lowest BCUT2D eigenvalue weighted by atomic mass is 9.76. The molecule has 0 aromatic heterocycles.